The number of halogens is 1. The smallest absolute Gasteiger partial charge is 0.210 e. The van der Waals surface area contributed by atoms with Gasteiger partial charge in [0, 0.05) is 12.3 Å². The molecular formula is C10H11ClN2O2S2. The summed E-state index contributed by atoms with van der Waals surface area (Å²) in [6, 6.07) is 6.03. The van der Waals surface area contributed by atoms with Crippen molar-refractivity contribution in [1.29, 1.82) is 5.26 Å². The molecule has 0 spiro atoms. The lowest BCUT2D eigenvalue weighted by Crippen LogP contribution is -2.26. The lowest BCUT2D eigenvalue weighted by Gasteiger charge is -2.07. The molecule has 1 aromatic rings. The van der Waals surface area contributed by atoms with Crippen LogP contribution in [0.3, 0.4) is 0 Å². The summed E-state index contributed by atoms with van der Waals surface area (Å²) in [5.41, 5.74) is 0.264. The van der Waals surface area contributed by atoms with Crippen molar-refractivity contribution >= 4 is 33.4 Å². The van der Waals surface area contributed by atoms with Crippen LogP contribution in [0.5, 0.6) is 0 Å². The summed E-state index contributed by atoms with van der Waals surface area (Å²) in [7, 11) is -3.64. The van der Waals surface area contributed by atoms with Gasteiger partial charge in [0.05, 0.1) is 16.7 Å². The second-order valence-corrected chi connectivity index (χ2v) is 6.28. The minimum Gasteiger partial charge on any atom is -0.210 e. The Kier molecular flexibility index (Phi) is 5.28. The zero-order valence-corrected chi connectivity index (χ0v) is 11.5. The first kappa shape index (κ1) is 14.3. The molecular weight excluding hydrogens is 280 g/mol. The van der Waals surface area contributed by atoms with Crippen molar-refractivity contribution in [1.82, 2.24) is 4.72 Å². The van der Waals surface area contributed by atoms with Crippen molar-refractivity contribution in [2.24, 2.45) is 0 Å². The molecule has 0 fully saturated rings. The fourth-order valence-corrected chi connectivity index (χ4v) is 3.13. The highest BCUT2D eigenvalue weighted by atomic mass is 35.5. The van der Waals surface area contributed by atoms with Crippen LogP contribution >= 0.6 is 23.4 Å². The van der Waals surface area contributed by atoms with Crippen LogP contribution in [0, 0.1) is 11.3 Å². The second kappa shape index (κ2) is 6.26. The van der Waals surface area contributed by atoms with Crippen molar-refractivity contribution < 1.29 is 8.42 Å². The number of hydrogen-bond donors (Lipinski definition) is 1. The Balaban J connectivity index is 3.02. The molecule has 0 aliphatic rings. The number of nitriles is 1. The zero-order valence-electron chi connectivity index (χ0n) is 9.10. The molecule has 17 heavy (non-hydrogen) atoms. The molecule has 0 radical (unpaired) electrons. The van der Waals surface area contributed by atoms with Crippen LogP contribution in [-0.2, 0) is 10.0 Å². The third-order valence-corrected chi connectivity index (χ3v) is 4.50. The van der Waals surface area contributed by atoms with Gasteiger partial charge in [0.15, 0.2) is 0 Å². The minimum atomic E-state index is -3.64. The first-order valence-corrected chi connectivity index (χ1v) is 7.95. The van der Waals surface area contributed by atoms with E-state index in [-0.39, 0.29) is 15.5 Å². The third-order valence-electron chi connectivity index (χ3n) is 1.95. The maximum absolute atomic E-state index is 11.9. The molecule has 7 heteroatoms. The van der Waals surface area contributed by atoms with Crippen LogP contribution in [0.4, 0.5) is 0 Å². The fraction of sp³-hybridized carbons (Fsp3) is 0.300. The van der Waals surface area contributed by atoms with Crippen LogP contribution in [0.25, 0.3) is 0 Å². The first-order chi connectivity index (χ1) is 8.01. The number of nitrogens with one attached hydrogen (secondary N) is 1. The Morgan fingerprint density at radius 1 is 1.53 bits per heavy atom. The van der Waals surface area contributed by atoms with E-state index >= 15 is 0 Å². The lowest BCUT2D eigenvalue weighted by molar-refractivity contribution is 0.584. The predicted molar refractivity (Wildman–Crippen MR) is 69.7 cm³/mol. The van der Waals surface area contributed by atoms with Gasteiger partial charge in [-0.25, -0.2) is 13.1 Å². The van der Waals surface area contributed by atoms with Gasteiger partial charge in [-0.05, 0) is 24.5 Å². The van der Waals surface area contributed by atoms with Gasteiger partial charge in [-0.2, -0.15) is 17.0 Å². The van der Waals surface area contributed by atoms with Crippen LogP contribution in [-0.4, -0.2) is 27.0 Å². The van der Waals surface area contributed by atoms with E-state index in [2.05, 4.69) is 4.72 Å². The Bertz CT molecular complexity index is 538. The van der Waals surface area contributed by atoms with Crippen LogP contribution in [0.1, 0.15) is 5.56 Å². The SMILES string of the molecule is CSCCNS(=O)(=O)c1cc(C#N)ccc1Cl. The Hall–Kier alpha value is -0.740. The highest BCUT2D eigenvalue weighted by Gasteiger charge is 2.17. The fourth-order valence-electron chi connectivity index (χ4n) is 1.13. The third kappa shape index (κ3) is 3.89. The second-order valence-electron chi connectivity index (χ2n) is 3.15. The number of benzene rings is 1. The molecule has 92 valence electrons. The van der Waals surface area contributed by atoms with Gasteiger partial charge in [-0.15, -0.1) is 0 Å². The topological polar surface area (TPSA) is 70.0 Å². The molecule has 0 aliphatic carbocycles. The van der Waals surface area contributed by atoms with Gasteiger partial charge in [-0.1, -0.05) is 11.6 Å². The van der Waals surface area contributed by atoms with Gasteiger partial charge in [0.2, 0.25) is 10.0 Å². The van der Waals surface area contributed by atoms with Crippen LogP contribution < -0.4 is 4.72 Å². The van der Waals surface area contributed by atoms with E-state index in [1.54, 1.807) is 0 Å². The highest BCUT2D eigenvalue weighted by molar-refractivity contribution is 7.98. The number of nitrogens with zero attached hydrogens (tertiary/aromatic N) is 1. The quantitative estimate of drug-likeness (QED) is 0.840. The molecule has 1 aromatic carbocycles. The number of hydrogen-bond acceptors (Lipinski definition) is 4. The summed E-state index contributed by atoms with van der Waals surface area (Å²) in [6.45, 7) is 0.330. The van der Waals surface area contributed by atoms with Crippen molar-refractivity contribution in [3.05, 3.63) is 28.8 Å². The van der Waals surface area contributed by atoms with E-state index in [1.807, 2.05) is 12.3 Å². The van der Waals surface area contributed by atoms with E-state index in [4.69, 9.17) is 16.9 Å². The average Bonchev–Trinajstić information content (AvgIpc) is 2.29. The van der Waals surface area contributed by atoms with Crippen molar-refractivity contribution in [2.45, 2.75) is 4.90 Å². The molecule has 1 rings (SSSR count). The summed E-state index contributed by atoms with van der Waals surface area (Å²) in [5.74, 6) is 0.675. The van der Waals surface area contributed by atoms with Crippen molar-refractivity contribution in [3.63, 3.8) is 0 Å². The Morgan fingerprint density at radius 2 is 2.24 bits per heavy atom. The molecule has 0 atom stereocenters. The average molecular weight is 291 g/mol. The molecule has 1 N–H and O–H groups in total. The predicted octanol–water partition coefficient (Wildman–Crippen LogP) is 1.85. The van der Waals surface area contributed by atoms with E-state index in [0.29, 0.717) is 12.3 Å². The molecule has 0 heterocycles. The molecule has 0 saturated heterocycles. The number of thioether (sulfide) groups is 1. The lowest BCUT2D eigenvalue weighted by atomic mass is 10.2. The minimum absolute atomic E-state index is 0.0562. The monoisotopic (exact) mass is 290 g/mol. The first-order valence-electron chi connectivity index (χ1n) is 4.69. The van der Waals surface area contributed by atoms with Crippen molar-refractivity contribution in [2.75, 3.05) is 18.6 Å². The summed E-state index contributed by atoms with van der Waals surface area (Å²) in [5, 5.41) is 8.83. The van der Waals surface area contributed by atoms with Gasteiger partial charge in [0.25, 0.3) is 0 Å². The highest BCUT2D eigenvalue weighted by Crippen LogP contribution is 2.22. The largest absolute Gasteiger partial charge is 0.242 e. The van der Waals surface area contributed by atoms with Gasteiger partial charge in [0.1, 0.15) is 4.90 Å². The molecule has 4 nitrogen and oxygen atoms in total. The summed E-state index contributed by atoms with van der Waals surface area (Å²) < 4.78 is 26.2. The normalized spacial score (nSPS) is 11.1. The zero-order chi connectivity index (χ0) is 12.9. The Labute approximate surface area is 110 Å². The summed E-state index contributed by atoms with van der Waals surface area (Å²) >= 11 is 7.35. The van der Waals surface area contributed by atoms with Gasteiger partial charge in [-0.3, -0.25) is 0 Å². The number of rotatable bonds is 5. The molecule has 0 aromatic heterocycles. The van der Waals surface area contributed by atoms with Gasteiger partial charge < -0.3 is 0 Å². The van der Waals surface area contributed by atoms with Crippen molar-refractivity contribution in [3.8, 4) is 6.07 Å². The van der Waals surface area contributed by atoms with Gasteiger partial charge >= 0.3 is 0 Å². The summed E-state index contributed by atoms with van der Waals surface area (Å²) in [4.78, 5) is -0.0562. The molecule has 0 bridgehead atoms. The van der Waals surface area contributed by atoms with E-state index < -0.39 is 10.0 Å². The van der Waals surface area contributed by atoms with Crippen LogP contribution in [0.2, 0.25) is 5.02 Å². The molecule has 0 unspecified atom stereocenters. The van der Waals surface area contributed by atoms with E-state index in [9.17, 15) is 8.42 Å². The van der Waals surface area contributed by atoms with E-state index in [0.717, 1.165) is 0 Å². The number of sulfonamides is 1. The maximum Gasteiger partial charge on any atom is 0.242 e. The van der Waals surface area contributed by atoms with E-state index in [1.165, 1.54) is 30.0 Å². The molecule has 0 aliphatic heterocycles. The Morgan fingerprint density at radius 3 is 2.82 bits per heavy atom. The maximum atomic E-state index is 11.9. The summed E-state index contributed by atoms with van der Waals surface area (Å²) in [6.07, 6.45) is 1.89. The molecule has 0 amide bonds. The van der Waals surface area contributed by atoms with Crippen LogP contribution in [0.15, 0.2) is 23.1 Å². The standard InChI is InChI=1S/C10H11ClN2O2S2/c1-16-5-4-13-17(14,15)10-6-8(7-12)2-3-9(10)11/h2-3,6,13H,4-5H2,1H3. The molecule has 0 saturated carbocycles.